The van der Waals surface area contributed by atoms with Gasteiger partial charge in [-0.3, -0.25) is 10.1 Å². The normalized spacial score (nSPS) is 13.2. The van der Waals surface area contributed by atoms with Gasteiger partial charge in [0.05, 0.1) is 17.8 Å². The van der Waals surface area contributed by atoms with Gasteiger partial charge < -0.3 is 5.32 Å². The minimum Gasteiger partial charge on any atom is -0.322 e. The highest BCUT2D eigenvalue weighted by Gasteiger charge is 2.22. The topological polar surface area (TPSA) is 41.1 Å². The van der Waals surface area contributed by atoms with Crippen molar-refractivity contribution in [1.29, 1.82) is 0 Å². The molecule has 3 nitrogen and oxygen atoms in total. The van der Waals surface area contributed by atoms with Crippen molar-refractivity contribution in [2.24, 2.45) is 0 Å². The Morgan fingerprint density at radius 3 is 2.54 bits per heavy atom. The summed E-state index contributed by atoms with van der Waals surface area (Å²) in [7, 11) is 0. The number of thiophene rings is 1. The molecular formula is C20H18BrFN2OS. The molecule has 2 atom stereocenters. The van der Waals surface area contributed by atoms with E-state index >= 15 is 0 Å². The van der Waals surface area contributed by atoms with Gasteiger partial charge >= 0.3 is 0 Å². The number of nitrogens with one attached hydrogen (secondary N) is 2. The molecule has 0 spiro atoms. The van der Waals surface area contributed by atoms with Crippen LogP contribution in [0, 0.1) is 5.82 Å². The van der Waals surface area contributed by atoms with E-state index in [1.165, 1.54) is 12.1 Å². The molecule has 134 valence electrons. The van der Waals surface area contributed by atoms with Gasteiger partial charge in [-0.15, -0.1) is 11.3 Å². The van der Waals surface area contributed by atoms with E-state index < -0.39 is 11.9 Å². The molecule has 0 unspecified atom stereocenters. The van der Waals surface area contributed by atoms with Gasteiger partial charge in [0.15, 0.2) is 0 Å². The predicted octanol–water partition coefficient (Wildman–Crippen LogP) is 5.36. The molecule has 0 saturated heterocycles. The van der Waals surface area contributed by atoms with E-state index in [0.717, 1.165) is 10.4 Å². The molecule has 0 aliphatic heterocycles. The maximum Gasteiger partial charge on any atom is 0.241 e. The zero-order valence-corrected chi connectivity index (χ0v) is 16.5. The first-order chi connectivity index (χ1) is 12.5. The monoisotopic (exact) mass is 432 g/mol. The summed E-state index contributed by atoms with van der Waals surface area (Å²) < 4.78 is 14.6. The summed E-state index contributed by atoms with van der Waals surface area (Å²) in [6.45, 7) is 1.77. The molecule has 3 rings (SSSR count). The summed E-state index contributed by atoms with van der Waals surface area (Å²) in [5.74, 6) is -0.762. The second-order valence-corrected chi connectivity index (χ2v) is 7.76. The Bertz CT molecular complexity index is 871. The lowest BCUT2D eigenvalue weighted by Crippen LogP contribution is -2.40. The number of carbonyl (C=O) groups excluding carboxylic acids is 1. The molecule has 3 aromatic rings. The smallest absolute Gasteiger partial charge is 0.241 e. The zero-order chi connectivity index (χ0) is 18.5. The van der Waals surface area contributed by atoms with Crippen molar-refractivity contribution < 1.29 is 9.18 Å². The lowest BCUT2D eigenvalue weighted by atomic mass is 10.0. The van der Waals surface area contributed by atoms with Gasteiger partial charge in [-0.05, 0) is 42.1 Å². The van der Waals surface area contributed by atoms with Crippen LogP contribution in [0.3, 0.4) is 0 Å². The SMILES string of the molecule is C[C@H](N[C@@H](c1ccccc1)c1cccs1)C(=O)Nc1ccc(Br)cc1F. The van der Waals surface area contributed by atoms with Gasteiger partial charge in [-0.1, -0.05) is 52.3 Å². The van der Waals surface area contributed by atoms with Crippen LogP contribution in [0.2, 0.25) is 0 Å². The molecule has 2 N–H and O–H groups in total. The average Bonchev–Trinajstić information content (AvgIpc) is 3.17. The summed E-state index contributed by atoms with van der Waals surface area (Å²) >= 11 is 4.84. The molecule has 2 aromatic carbocycles. The van der Waals surface area contributed by atoms with E-state index in [1.54, 1.807) is 24.3 Å². The minimum atomic E-state index is -0.509. The van der Waals surface area contributed by atoms with E-state index in [0.29, 0.717) is 4.47 Å². The fourth-order valence-corrected chi connectivity index (χ4v) is 3.75. The zero-order valence-electron chi connectivity index (χ0n) is 14.1. The maximum absolute atomic E-state index is 14.0. The molecule has 0 radical (unpaired) electrons. The Balaban J connectivity index is 1.75. The first-order valence-electron chi connectivity index (χ1n) is 8.15. The molecule has 1 heterocycles. The summed E-state index contributed by atoms with van der Waals surface area (Å²) in [6, 6.07) is 17.9. The van der Waals surface area contributed by atoms with Gasteiger partial charge in [0, 0.05) is 9.35 Å². The largest absolute Gasteiger partial charge is 0.322 e. The third kappa shape index (κ3) is 4.58. The fourth-order valence-electron chi connectivity index (χ4n) is 2.60. The van der Waals surface area contributed by atoms with Gasteiger partial charge in [0.1, 0.15) is 5.82 Å². The van der Waals surface area contributed by atoms with Crippen molar-refractivity contribution in [2.45, 2.75) is 19.0 Å². The van der Waals surface area contributed by atoms with Crippen molar-refractivity contribution in [3.63, 3.8) is 0 Å². The van der Waals surface area contributed by atoms with Crippen LogP contribution in [0.5, 0.6) is 0 Å². The average molecular weight is 433 g/mol. The highest BCUT2D eigenvalue weighted by atomic mass is 79.9. The predicted molar refractivity (Wildman–Crippen MR) is 108 cm³/mol. The number of benzene rings is 2. The molecule has 6 heteroatoms. The van der Waals surface area contributed by atoms with E-state index in [-0.39, 0.29) is 17.6 Å². The molecule has 26 heavy (non-hydrogen) atoms. The highest BCUT2D eigenvalue weighted by molar-refractivity contribution is 9.10. The standard InChI is InChI=1S/C20H18BrFN2OS/c1-13(20(25)24-17-10-9-15(21)12-16(17)22)23-19(18-8-5-11-26-18)14-6-3-2-4-7-14/h2-13,19,23H,1H3,(H,24,25)/t13-,19-/m0/s1. The van der Waals surface area contributed by atoms with E-state index in [1.807, 2.05) is 47.8 Å². The van der Waals surface area contributed by atoms with E-state index in [4.69, 9.17) is 0 Å². The Labute approximate surface area is 164 Å². The Kier molecular flexibility index (Phi) is 6.19. The number of hydrogen-bond donors (Lipinski definition) is 2. The van der Waals surface area contributed by atoms with Crippen molar-refractivity contribution in [1.82, 2.24) is 5.32 Å². The highest BCUT2D eigenvalue weighted by Crippen LogP contribution is 2.26. The Hall–Kier alpha value is -2.02. The van der Waals surface area contributed by atoms with Crippen LogP contribution in [-0.4, -0.2) is 11.9 Å². The van der Waals surface area contributed by atoms with Gasteiger partial charge in [-0.25, -0.2) is 4.39 Å². The first-order valence-corrected chi connectivity index (χ1v) is 9.82. The molecular weight excluding hydrogens is 415 g/mol. The van der Waals surface area contributed by atoms with E-state index in [9.17, 15) is 9.18 Å². The van der Waals surface area contributed by atoms with Crippen LogP contribution in [0.1, 0.15) is 23.4 Å². The molecule has 1 aromatic heterocycles. The van der Waals surface area contributed by atoms with Gasteiger partial charge in [-0.2, -0.15) is 0 Å². The first kappa shape index (κ1) is 18.8. The van der Waals surface area contributed by atoms with Crippen LogP contribution >= 0.6 is 27.3 Å². The summed E-state index contributed by atoms with van der Waals surface area (Å²) in [5, 5.41) is 8.01. The lowest BCUT2D eigenvalue weighted by molar-refractivity contribution is -0.117. The molecule has 0 saturated carbocycles. The van der Waals surface area contributed by atoms with Gasteiger partial charge in [0.25, 0.3) is 0 Å². The number of anilines is 1. The quantitative estimate of drug-likeness (QED) is 0.550. The third-order valence-electron chi connectivity index (χ3n) is 3.96. The maximum atomic E-state index is 14.0. The lowest BCUT2D eigenvalue weighted by Gasteiger charge is -2.23. The third-order valence-corrected chi connectivity index (χ3v) is 5.39. The van der Waals surface area contributed by atoms with Crippen molar-refractivity contribution in [3.05, 3.63) is 86.8 Å². The molecule has 0 fully saturated rings. The van der Waals surface area contributed by atoms with Crippen molar-refractivity contribution in [2.75, 3.05) is 5.32 Å². The summed E-state index contributed by atoms with van der Waals surface area (Å²) in [5.41, 5.74) is 1.24. The van der Waals surface area contributed by atoms with Gasteiger partial charge in [0.2, 0.25) is 5.91 Å². The van der Waals surface area contributed by atoms with Crippen molar-refractivity contribution in [3.8, 4) is 0 Å². The van der Waals surface area contributed by atoms with Crippen LogP contribution in [0.4, 0.5) is 10.1 Å². The number of rotatable bonds is 6. The van der Waals surface area contributed by atoms with E-state index in [2.05, 4.69) is 26.6 Å². The Morgan fingerprint density at radius 2 is 1.88 bits per heavy atom. The summed E-state index contributed by atoms with van der Waals surface area (Å²) in [6.07, 6.45) is 0. The molecule has 0 aliphatic carbocycles. The van der Waals surface area contributed by atoms with Crippen LogP contribution in [0.25, 0.3) is 0 Å². The van der Waals surface area contributed by atoms with Crippen LogP contribution < -0.4 is 10.6 Å². The molecule has 0 bridgehead atoms. The minimum absolute atomic E-state index is 0.105. The second kappa shape index (κ2) is 8.58. The van der Waals surface area contributed by atoms with Crippen molar-refractivity contribution >= 4 is 38.9 Å². The number of halogens is 2. The number of carbonyl (C=O) groups is 1. The summed E-state index contributed by atoms with van der Waals surface area (Å²) in [4.78, 5) is 13.7. The Morgan fingerprint density at radius 1 is 1.12 bits per heavy atom. The molecule has 0 aliphatic rings. The van der Waals surface area contributed by atoms with Crippen LogP contribution in [0.15, 0.2) is 70.5 Å². The number of amides is 1. The fraction of sp³-hybridized carbons (Fsp3) is 0.150. The second-order valence-electron chi connectivity index (χ2n) is 5.86. The number of hydrogen-bond acceptors (Lipinski definition) is 3. The van der Waals surface area contributed by atoms with Crippen LogP contribution in [-0.2, 0) is 4.79 Å². The molecule has 1 amide bonds.